The van der Waals surface area contributed by atoms with Gasteiger partial charge in [-0.05, 0) is 46.3 Å². The van der Waals surface area contributed by atoms with E-state index in [1.807, 2.05) is 6.08 Å². The summed E-state index contributed by atoms with van der Waals surface area (Å²) in [7, 11) is 2.20. The number of nitrogens with one attached hydrogen (secondary N) is 1. The highest BCUT2D eigenvalue weighted by Gasteiger charge is 2.17. The van der Waals surface area contributed by atoms with Gasteiger partial charge < -0.3 is 10.2 Å². The molecular weight excluding hydrogens is 160 g/mol. The van der Waals surface area contributed by atoms with Gasteiger partial charge in [-0.25, -0.2) is 0 Å². The second-order valence-corrected chi connectivity index (χ2v) is 4.17. The Kier molecular flexibility index (Phi) is 4.46. The predicted molar refractivity (Wildman–Crippen MR) is 57.9 cm³/mol. The fraction of sp³-hybridized carbons (Fsp3) is 0.818. The summed E-state index contributed by atoms with van der Waals surface area (Å²) in [6.07, 6.45) is 5.65. The van der Waals surface area contributed by atoms with E-state index >= 15 is 0 Å². The van der Waals surface area contributed by atoms with Crippen LogP contribution in [0.1, 0.15) is 26.2 Å². The van der Waals surface area contributed by atoms with Crippen LogP contribution in [0.15, 0.2) is 12.7 Å². The molecule has 1 saturated heterocycles. The molecule has 1 aliphatic rings. The average Bonchev–Trinajstić information content (AvgIpc) is 2.09. The van der Waals surface area contributed by atoms with Gasteiger partial charge in [-0.15, -0.1) is 6.58 Å². The fourth-order valence-electron chi connectivity index (χ4n) is 1.90. The smallest absolute Gasteiger partial charge is 0.00940 e. The number of piperidine rings is 1. The Morgan fingerprint density at radius 3 is 2.69 bits per heavy atom. The van der Waals surface area contributed by atoms with Gasteiger partial charge in [0.25, 0.3) is 0 Å². The van der Waals surface area contributed by atoms with Crippen molar-refractivity contribution in [2.75, 3.05) is 20.1 Å². The molecule has 1 heterocycles. The first-order chi connectivity index (χ1) is 6.22. The zero-order chi connectivity index (χ0) is 9.68. The summed E-state index contributed by atoms with van der Waals surface area (Å²) < 4.78 is 0. The van der Waals surface area contributed by atoms with Crippen LogP contribution in [0, 0.1) is 0 Å². The third-order valence-corrected chi connectivity index (χ3v) is 2.76. The van der Waals surface area contributed by atoms with E-state index in [9.17, 15) is 0 Å². The molecule has 2 nitrogen and oxygen atoms in total. The fourth-order valence-corrected chi connectivity index (χ4v) is 1.90. The summed E-state index contributed by atoms with van der Waals surface area (Å²) in [6.45, 7) is 8.46. The molecule has 0 aromatic rings. The SMILES string of the molecule is C=CCC(C)NC1CCN(C)CC1. The first-order valence-electron chi connectivity index (χ1n) is 5.28. The van der Waals surface area contributed by atoms with Gasteiger partial charge in [-0.1, -0.05) is 6.08 Å². The molecule has 1 unspecified atom stereocenters. The highest BCUT2D eigenvalue weighted by molar-refractivity contribution is 4.81. The van der Waals surface area contributed by atoms with Crippen LogP contribution in [0.4, 0.5) is 0 Å². The highest BCUT2D eigenvalue weighted by atomic mass is 15.1. The Hall–Kier alpha value is -0.340. The molecule has 1 aliphatic heterocycles. The molecule has 1 fully saturated rings. The predicted octanol–water partition coefficient (Wildman–Crippen LogP) is 1.63. The van der Waals surface area contributed by atoms with Gasteiger partial charge in [-0.3, -0.25) is 0 Å². The second kappa shape index (κ2) is 5.40. The van der Waals surface area contributed by atoms with E-state index in [1.165, 1.54) is 25.9 Å². The number of hydrogen-bond donors (Lipinski definition) is 1. The lowest BCUT2D eigenvalue weighted by Crippen LogP contribution is -2.44. The van der Waals surface area contributed by atoms with Crippen LogP contribution in [0.25, 0.3) is 0 Å². The maximum atomic E-state index is 3.76. The third-order valence-electron chi connectivity index (χ3n) is 2.76. The van der Waals surface area contributed by atoms with E-state index in [-0.39, 0.29) is 0 Å². The molecule has 1 N–H and O–H groups in total. The molecule has 2 heteroatoms. The van der Waals surface area contributed by atoms with Gasteiger partial charge in [0.1, 0.15) is 0 Å². The number of rotatable bonds is 4. The van der Waals surface area contributed by atoms with Crippen molar-refractivity contribution in [3.05, 3.63) is 12.7 Å². The summed E-state index contributed by atoms with van der Waals surface area (Å²) in [4.78, 5) is 2.40. The maximum Gasteiger partial charge on any atom is 0.00940 e. The lowest BCUT2D eigenvalue weighted by Gasteiger charge is -2.31. The molecule has 76 valence electrons. The van der Waals surface area contributed by atoms with E-state index in [0.29, 0.717) is 6.04 Å². The summed E-state index contributed by atoms with van der Waals surface area (Å²) in [5, 5.41) is 3.64. The van der Waals surface area contributed by atoms with Crippen molar-refractivity contribution in [3.63, 3.8) is 0 Å². The number of likely N-dealkylation sites (tertiary alicyclic amines) is 1. The number of hydrogen-bond acceptors (Lipinski definition) is 2. The van der Waals surface area contributed by atoms with Crippen LogP contribution >= 0.6 is 0 Å². The van der Waals surface area contributed by atoms with Gasteiger partial charge in [0, 0.05) is 12.1 Å². The Morgan fingerprint density at radius 1 is 1.54 bits per heavy atom. The molecule has 0 aromatic carbocycles. The van der Waals surface area contributed by atoms with E-state index in [1.54, 1.807) is 0 Å². The minimum atomic E-state index is 0.589. The zero-order valence-corrected chi connectivity index (χ0v) is 8.92. The molecule has 1 rings (SSSR count). The standard InChI is InChI=1S/C11H22N2/c1-4-5-10(2)12-11-6-8-13(3)9-7-11/h4,10-12H,1,5-9H2,2-3H3. The Balaban J connectivity index is 2.18. The lowest BCUT2D eigenvalue weighted by atomic mass is 10.0. The van der Waals surface area contributed by atoms with Crippen LogP contribution in [0.3, 0.4) is 0 Å². The van der Waals surface area contributed by atoms with Gasteiger partial charge in [0.2, 0.25) is 0 Å². The average molecular weight is 182 g/mol. The molecule has 0 radical (unpaired) electrons. The maximum absolute atomic E-state index is 3.76. The van der Waals surface area contributed by atoms with Crippen molar-refractivity contribution in [1.29, 1.82) is 0 Å². The summed E-state index contributed by atoms with van der Waals surface area (Å²) in [6, 6.07) is 1.32. The normalized spacial score (nSPS) is 22.9. The molecule has 0 bridgehead atoms. The van der Waals surface area contributed by atoms with Crippen LogP contribution in [0.5, 0.6) is 0 Å². The summed E-state index contributed by atoms with van der Waals surface area (Å²) >= 11 is 0. The molecule has 1 atom stereocenters. The molecule has 0 amide bonds. The Morgan fingerprint density at radius 2 is 2.15 bits per heavy atom. The summed E-state index contributed by atoms with van der Waals surface area (Å²) in [5.74, 6) is 0. The van der Waals surface area contributed by atoms with Gasteiger partial charge in [0.05, 0.1) is 0 Å². The Bertz CT molecular complexity index is 148. The lowest BCUT2D eigenvalue weighted by molar-refractivity contribution is 0.226. The largest absolute Gasteiger partial charge is 0.311 e. The van der Waals surface area contributed by atoms with E-state index < -0.39 is 0 Å². The second-order valence-electron chi connectivity index (χ2n) is 4.17. The van der Waals surface area contributed by atoms with Crippen LogP contribution in [-0.2, 0) is 0 Å². The quantitative estimate of drug-likeness (QED) is 0.665. The van der Waals surface area contributed by atoms with Gasteiger partial charge in [0.15, 0.2) is 0 Å². The minimum absolute atomic E-state index is 0.589. The molecular formula is C11H22N2. The minimum Gasteiger partial charge on any atom is -0.311 e. The molecule has 0 saturated carbocycles. The van der Waals surface area contributed by atoms with Crippen molar-refractivity contribution < 1.29 is 0 Å². The van der Waals surface area contributed by atoms with Crippen molar-refractivity contribution >= 4 is 0 Å². The molecule has 0 aromatic heterocycles. The van der Waals surface area contributed by atoms with Crippen molar-refractivity contribution in [2.45, 2.75) is 38.3 Å². The van der Waals surface area contributed by atoms with Crippen molar-refractivity contribution in [2.24, 2.45) is 0 Å². The topological polar surface area (TPSA) is 15.3 Å². The van der Waals surface area contributed by atoms with E-state index in [4.69, 9.17) is 0 Å². The highest BCUT2D eigenvalue weighted by Crippen LogP contribution is 2.09. The first kappa shape index (κ1) is 10.7. The monoisotopic (exact) mass is 182 g/mol. The van der Waals surface area contributed by atoms with Gasteiger partial charge in [-0.2, -0.15) is 0 Å². The molecule has 0 spiro atoms. The molecule has 0 aliphatic carbocycles. The van der Waals surface area contributed by atoms with Gasteiger partial charge >= 0.3 is 0 Å². The van der Waals surface area contributed by atoms with Crippen LogP contribution < -0.4 is 5.32 Å². The van der Waals surface area contributed by atoms with E-state index in [2.05, 4.69) is 30.8 Å². The van der Waals surface area contributed by atoms with E-state index in [0.717, 1.165) is 12.5 Å². The van der Waals surface area contributed by atoms with Crippen LogP contribution in [-0.4, -0.2) is 37.1 Å². The van der Waals surface area contributed by atoms with Crippen molar-refractivity contribution in [3.8, 4) is 0 Å². The van der Waals surface area contributed by atoms with Crippen molar-refractivity contribution in [1.82, 2.24) is 10.2 Å². The summed E-state index contributed by atoms with van der Waals surface area (Å²) in [5.41, 5.74) is 0. The number of nitrogens with zero attached hydrogens (tertiary/aromatic N) is 1. The first-order valence-corrected chi connectivity index (χ1v) is 5.28. The third kappa shape index (κ3) is 3.92. The Labute approximate surface area is 82.0 Å². The molecule has 13 heavy (non-hydrogen) atoms. The zero-order valence-electron chi connectivity index (χ0n) is 8.92. The van der Waals surface area contributed by atoms with Crippen LogP contribution in [0.2, 0.25) is 0 Å².